The van der Waals surface area contributed by atoms with Crippen LogP contribution in [0, 0.1) is 23.8 Å². The third-order valence-corrected chi connectivity index (χ3v) is 1.19. The topological polar surface area (TPSA) is 43.1 Å². The van der Waals surface area contributed by atoms with Gasteiger partial charge in [0.1, 0.15) is 5.78 Å². The van der Waals surface area contributed by atoms with Crippen LogP contribution in [0.15, 0.2) is 0 Å². The van der Waals surface area contributed by atoms with E-state index in [4.69, 9.17) is 5.73 Å². The van der Waals surface area contributed by atoms with Gasteiger partial charge in [-0.15, -0.1) is 0 Å². The first-order valence-corrected chi connectivity index (χ1v) is 4.13. The van der Waals surface area contributed by atoms with E-state index in [9.17, 15) is 4.79 Å². The smallest absolute Gasteiger partial charge is 0.132 e. The van der Waals surface area contributed by atoms with E-state index in [1.54, 1.807) is 6.92 Å². The number of hydrogen-bond acceptors (Lipinski definition) is 2. The van der Waals surface area contributed by atoms with Gasteiger partial charge < -0.3 is 5.73 Å². The molecule has 0 fully saturated rings. The maximum absolute atomic E-state index is 10.1. The van der Waals surface area contributed by atoms with Crippen molar-refractivity contribution in [3.05, 3.63) is 0 Å². The summed E-state index contributed by atoms with van der Waals surface area (Å²) in [5, 5.41) is 0. The van der Waals surface area contributed by atoms with Crippen molar-refractivity contribution in [1.29, 1.82) is 0 Å². The standard InChI is InChI=1S/C5H9N.C5H10O.CH4/c1-5(2)3-4-6;1-4(2)5(3)6;/h5H,6H2,1-2H3;4H,1-3H3;1H4. The van der Waals surface area contributed by atoms with Gasteiger partial charge in [0.05, 0.1) is 0 Å². The fourth-order valence-corrected chi connectivity index (χ4v) is 0.167. The second kappa shape index (κ2) is 11.0. The van der Waals surface area contributed by atoms with Crippen molar-refractivity contribution in [2.75, 3.05) is 0 Å². The fraction of sp³-hybridized carbons (Fsp3) is 0.727. The average molecular weight is 185 g/mol. The third kappa shape index (κ3) is 24.7. The first-order chi connectivity index (χ1) is 5.41. The third-order valence-electron chi connectivity index (χ3n) is 1.19. The minimum absolute atomic E-state index is 0. The minimum atomic E-state index is 0. The molecule has 0 aliphatic heterocycles. The molecule has 0 saturated carbocycles. The van der Waals surface area contributed by atoms with Crippen LogP contribution in [0.5, 0.6) is 0 Å². The van der Waals surface area contributed by atoms with E-state index in [0.717, 1.165) is 0 Å². The Morgan fingerprint density at radius 2 is 1.54 bits per heavy atom. The SMILES string of the molecule is C.CC(=O)C(C)C.CC(C)C#CN. The van der Waals surface area contributed by atoms with E-state index >= 15 is 0 Å². The summed E-state index contributed by atoms with van der Waals surface area (Å²) in [6.07, 6.45) is 0. The summed E-state index contributed by atoms with van der Waals surface area (Å²) in [4.78, 5) is 10.1. The molecule has 0 atom stereocenters. The summed E-state index contributed by atoms with van der Waals surface area (Å²) in [5.74, 6) is 3.62. The van der Waals surface area contributed by atoms with Crippen LogP contribution in [0.25, 0.3) is 0 Å². The van der Waals surface area contributed by atoms with Gasteiger partial charge >= 0.3 is 0 Å². The van der Waals surface area contributed by atoms with Crippen molar-refractivity contribution in [3.63, 3.8) is 0 Å². The molecule has 0 spiro atoms. The minimum Gasteiger partial charge on any atom is -0.359 e. The van der Waals surface area contributed by atoms with Gasteiger partial charge in [-0.2, -0.15) is 0 Å². The predicted octanol–water partition coefficient (Wildman–Crippen LogP) is 2.43. The quantitative estimate of drug-likeness (QED) is 0.503. The highest BCUT2D eigenvalue weighted by molar-refractivity contribution is 5.77. The molecule has 0 aromatic heterocycles. The van der Waals surface area contributed by atoms with Gasteiger partial charge in [0.2, 0.25) is 0 Å². The Labute approximate surface area is 82.9 Å². The van der Waals surface area contributed by atoms with Crippen molar-refractivity contribution < 1.29 is 4.79 Å². The van der Waals surface area contributed by atoms with Crippen molar-refractivity contribution in [2.24, 2.45) is 17.6 Å². The second-order valence-electron chi connectivity index (χ2n) is 3.21. The highest BCUT2D eigenvalue weighted by Crippen LogP contribution is 1.89. The van der Waals surface area contributed by atoms with Crippen molar-refractivity contribution >= 4 is 5.78 Å². The maximum Gasteiger partial charge on any atom is 0.132 e. The molecule has 0 bridgehead atoms. The second-order valence-corrected chi connectivity index (χ2v) is 3.21. The molecule has 0 rings (SSSR count). The molecule has 0 saturated heterocycles. The monoisotopic (exact) mass is 185 g/mol. The molecule has 0 heterocycles. The van der Waals surface area contributed by atoms with Crippen LogP contribution in [0.4, 0.5) is 0 Å². The number of rotatable bonds is 1. The van der Waals surface area contributed by atoms with Crippen LogP contribution in [-0.2, 0) is 4.79 Å². The number of hydrogen-bond donors (Lipinski definition) is 1. The molecule has 13 heavy (non-hydrogen) atoms. The van der Waals surface area contributed by atoms with E-state index < -0.39 is 0 Å². The lowest BCUT2D eigenvalue weighted by molar-refractivity contribution is -0.119. The van der Waals surface area contributed by atoms with Crippen LogP contribution in [0.1, 0.15) is 42.0 Å². The van der Waals surface area contributed by atoms with Gasteiger partial charge in [-0.05, 0) is 6.92 Å². The summed E-state index contributed by atoms with van der Waals surface area (Å²) in [6.45, 7) is 9.38. The molecule has 2 N–H and O–H groups in total. The van der Waals surface area contributed by atoms with E-state index in [1.165, 1.54) is 0 Å². The van der Waals surface area contributed by atoms with E-state index in [0.29, 0.717) is 5.92 Å². The molecule has 0 aliphatic carbocycles. The number of carbonyl (C=O) groups excluding carboxylic acids is 1. The van der Waals surface area contributed by atoms with Gasteiger partial charge in [0.15, 0.2) is 0 Å². The van der Waals surface area contributed by atoms with Crippen LogP contribution in [-0.4, -0.2) is 5.78 Å². The van der Waals surface area contributed by atoms with Crippen molar-refractivity contribution in [3.8, 4) is 12.0 Å². The summed E-state index contributed by atoms with van der Waals surface area (Å²) >= 11 is 0. The van der Waals surface area contributed by atoms with Crippen molar-refractivity contribution in [2.45, 2.75) is 42.0 Å². The normalized spacial score (nSPS) is 7.62. The molecule has 0 unspecified atom stereocenters. The van der Waals surface area contributed by atoms with Gasteiger partial charge in [-0.3, -0.25) is 4.79 Å². The van der Waals surface area contributed by atoms with Crippen LogP contribution in [0.3, 0.4) is 0 Å². The Morgan fingerprint density at radius 1 is 1.23 bits per heavy atom. The number of carbonyl (C=O) groups is 1. The van der Waals surface area contributed by atoms with E-state index in [2.05, 4.69) is 12.0 Å². The summed E-state index contributed by atoms with van der Waals surface area (Å²) in [6, 6.07) is 2.32. The van der Waals surface area contributed by atoms with Crippen molar-refractivity contribution in [1.82, 2.24) is 0 Å². The molecule has 0 aliphatic rings. The first kappa shape index (κ1) is 17.9. The molecule has 0 aromatic carbocycles. The van der Waals surface area contributed by atoms with Crippen LogP contribution < -0.4 is 5.73 Å². The van der Waals surface area contributed by atoms with Gasteiger partial charge in [-0.1, -0.05) is 41.0 Å². The lowest BCUT2D eigenvalue weighted by Gasteiger charge is -1.90. The molecule has 2 heteroatoms. The number of nitrogens with two attached hydrogens (primary N) is 1. The summed E-state index contributed by atoms with van der Waals surface area (Å²) < 4.78 is 0. The molecule has 0 radical (unpaired) electrons. The van der Waals surface area contributed by atoms with Gasteiger partial charge in [0, 0.05) is 17.9 Å². The molecular formula is C11H23NO. The summed E-state index contributed by atoms with van der Waals surface area (Å²) in [5.41, 5.74) is 4.87. The zero-order valence-corrected chi connectivity index (χ0v) is 8.64. The average Bonchev–Trinajstić information content (AvgIpc) is 1.87. The molecule has 2 nitrogen and oxygen atoms in total. The Kier molecular flexibility index (Phi) is 15.2. The Morgan fingerprint density at radius 3 is 1.54 bits per heavy atom. The number of Topliss-reactive ketones (excluding diaryl/α,β-unsaturated/α-hetero) is 1. The summed E-state index contributed by atoms with van der Waals surface area (Å²) in [7, 11) is 0. The van der Waals surface area contributed by atoms with Crippen LogP contribution >= 0.6 is 0 Å². The first-order valence-electron chi connectivity index (χ1n) is 4.13. The zero-order chi connectivity index (χ0) is 10.1. The van der Waals surface area contributed by atoms with E-state index in [1.807, 2.05) is 27.7 Å². The lowest BCUT2D eigenvalue weighted by Crippen LogP contribution is -1.98. The molecule has 0 amide bonds. The molecule has 0 aromatic rings. The Hall–Kier alpha value is -0.970. The lowest BCUT2D eigenvalue weighted by atomic mass is 10.1. The predicted molar refractivity (Wildman–Crippen MR) is 59.1 cm³/mol. The molecule has 78 valence electrons. The van der Waals surface area contributed by atoms with Gasteiger partial charge in [-0.25, -0.2) is 0 Å². The Bertz CT molecular complexity index is 172. The maximum atomic E-state index is 10.1. The Balaban J connectivity index is -0.000000143. The fourth-order valence-electron chi connectivity index (χ4n) is 0.167. The zero-order valence-electron chi connectivity index (χ0n) is 8.64. The van der Waals surface area contributed by atoms with Gasteiger partial charge in [0.25, 0.3) is 0 Å². The number of ketones is 1. The highest BCUT2D eigenvalue weighted by atomic mass is 16.1. The largest absolute Gasteiger partial charge is 0.359 e. The highest BCUT2D eigenvalue weighted by Gasteiger charge is 1.95. The molecular weight excluding hydrogens is 162 g/mol. The van der Waals surface area contributed by atoms with Crippen LogP contribution in [0.2, 0.25) is 0 Å². The van der Waals surface area contributed by atoms with E-state index in [-0.39, 0.29) is 19.1 Å².